The molecular formula is C19H14N6O3. The van der Waals surface area contributed by atoms with Gasteiger partial charge >= 0.3 is 0 Å². The fraction of sp³-hybridized carbons (Fsp3) is 0.105. The van der Waals surface area contributed by atoms with Gasteiger partial charge in [0.05, 0.1) is 16.6 Å². The second-order valence-electron chi connectivity index (χ2n) is 6.56. The number of imide groups is 1. The minimum atomic E-state index is -1.67. The number of nitrogens with two attached hydrogens (primary N) is 1. The van der Waals surface area contributed by atoms with Crippen molar-refractivity contribution < 1.29 is 9.59 Å². The number of hydrogen-bond donors (Lipinski definition) is 2. The molecule has 2 aliphatic heterocycles. The normalized spacial score (nSPS) is 20.0. The van der Waals surface area contributed by atoms with Crippen LogP contribution in [0.5, 0.6) is 0 Å². The first-order chi connectivity index (χ1) is 13.4. The van der Waals surface area contributed by atoms with E-state index in [1.807, 2.05) is 0 Å². The van der Waals surface area contributed by atoms with Crippen molar-refractivity contribution >= 4 is 40.3 Å². The molecule has 2 amide bonds. The Morgan fingerprint density at radius 2 is 1.82 bits per heavy atom. The van der Waals surface area contributed by atoms with Crippen molar-refractivity contribution in [1.82, 2.24) is 9.55 Å². The minimum Gasteiger partial charge on any atom is -0.370 e. The van der Waals surface area contributed by atoms with Gasteiger partial charge < -0.3 is 5.73 Å². The monoisotopic (exact) mass is 374 g/mol. The number of carbonyl (C=O) groups excluding carboxylic acids is 2. The van der Waals surface area contributed by atoms with Crippen molar-refractivity contribution in [3.8, 4) is 0 Å². The summed E-state index contributed by atoms with van der Waals surface area (Å²) in [4.78, 5) is 48.0. The smallest absolute Gasteiger partial charge is 0.288 e. The highest BCUT2D eigenvalue weighted by atomic mass is 16.2. The first kappa shape index (κ1) is 16.2. The maximum Gasteiger partial charge on any atom is 0.288 e. The van der Waals surface area contributed by atoms with Crippen LogP contribution in [0.4, 0.5) is 11.6 Å². The highest BCUT2D eigenvalue weighted by Gasteiger charge is 2.57. The number of rotatable bonds is 0. The highest BCUT2D eigenvalue weighted by Crippen LogP contribution is 2.47. The van der Waals surface area contributed by atoms with E-state index in [9.17, 15) is 14.4 Å². The van der Waals surface area contributed by atoms with Crippen LogP contribution in [-0.2, 0) is 15.3 Å². The second-order valence-corrected chi connectivity index (χ2v) is 6.56. The van der Waals surface area contributed by atoms with Crippen molar-refractivity contribution in [1.29, 1.82) is 0 Å². The van der Waals surface area contributed by atoms with Crippen molar-refractivity contribution in [2.24, 2.45) is 10.7 Å². The van der Waals surface area contributed by atoms with E-state index in [1.165, 1.54) is 11.5 Å². The summed E-state index contributed by atoms with van der Waals surface area (Å²) in [5.41, 5.74) is 5.20. The summed E-state index contributed by atoms with van der Waals surface area (Å²) in [7, 11) is 0. The zero-order chi connectivity index (χ0) is 19.6. The number of fused-ring (bicyclic) bond motifs is 6. The van der Waals surface area contributed by atoms with Gasteiger partial charge in [0.15, 0.2) is 5.96 Å². The molecule has 1 aromatic heterocycles. The van der Waals surface area contributed by atoms with E-state index in [0.29, 0.717) is 22.2 Å². The lowest BCUT2D eigenvalue weighted by molar-refractivity contribution is -0.128. The molecular weight excluding hydrogens is 360 g/mol. The maximum atomic E-state index is 13.6. The van der Waals surface area contributed by atoms with Crippen LogP contribution in [0.2, 0.25) is 0 Å². The Balaban J connectivity index is 1.99. The van der Waals surface area contributed by atoms with Gasteiger partial charge in [-0.15, -0.1) is 0 Å². The molecule has 138 valence electrons. The Hall–Kier alpha value is -4.01. The summed E-state index contributed by atoms with van der Waals surface area (Å²) in [6.45, 7) is 1.31. The van der Waals surface area contributed by atoms with Gasteiger partial charge in [-0.2, -0.15) is 4.98 Å². The van der Waals surface area contributed by atoms with Gasteiger partial charge in [-0.25, -0.2) is 9.89 Å². The topological polar surface area (TPSA) is 123 Å². The minimum absolute atomic E-state index is 0.0734. The quantitative estimate of drug-likeness (QED) is 0.598. The Kier molecular flexibility index (Phi) is 3.04. The molecule has 0 bridgehead atoms. The van der Waals surface area contributed by atoms with Crippen LogP contribution < -0.4 is 21.5 Å². The van der Waals surface area contributed by atoms with Crippen LogP contribution in [0.25, 0.3) is 10.9 Å². The predicted octanol–water partition coefficient (Wildman–Crippen LogP) is 0.731. The molecule has 0 saturated heterocycles. The Morgan fingerprint density at radius 3 is 2.61 bits per heavy atom. The molecule has 9 nitrogen and oxygen atoms in total. The molecule has 2 aromatic carbocycles. The lowest BCUT2D eigenvalue weighted by atomic mass is 9.99. The van der Waals surface area contributed by atoms with Gasteiger partial charge in [0.1, 0.15) is 0 Å². The highest BCUT2D eigenvalue weighted by molar-refractivity contribution is 6.23. The average Bonchev–Trinajstić information content (AvgIpc) is 2.90. The third kappa shape index (κ3) is 1.82. The van der Waals surface area contributed by atoms with E-state index in [-0.39, 0.29) is 11.9 Å². The summed E-state index contributed by atoms with van der Waals surface area (Å²) >= 11 is 0. The number of aliphatic imine (C=N–C) groups is 1. The molecule has 0 radical (unpaired) electrons. The first-order valence-corrected chi connectivity index (χ1v) is 8.54. The number of anilines is 2. The number of carbonyl (C=O) groups is 2. The van der Waals surface area contributed by atoms with E-state index < -0.39 is 23.0 Å². The van der Waals surface area contributed by atoms with Crippen LogP contribution in [0.15, 0.2) is 58.3 Å². The zero-order valence-corrected chi connectivity index (χ0v) is 14.7. The maximum absolute atomic E-state index is 13.6. The molecule has 1 atom stereocenters. The van der Waals surface area contributed by atoms with Crippen LogP contribution in [0, 0.1) is 0 Å². The average molecular weight is 374 g/mol. The van der Waals surface area contributed by atoms with E-state index in [0.717, 1.165) is 4.90 Å². The molecule has 5 rings (SSSR count). The van der Waals surface area contributed by atoms with E-state index >= 15 is 0 Å². The van der Waals surface area contributed by atoms with Gasteiger partial charge in [-0.05, 0) is 18.2 Å². The van der Waals surface area contributed by atoms with E-state index in [2.05, 4.69) is 15.3 Å². The number of nitrogens with zero attached hydrogens (tertiary/aromatic N) is 4. The third-order valence-corrected chi connectivity index (χ3v) is 4.98. The van der Waals surface area contributed by atoms with Crippen molar-refractivity contribution in [3.05, 3.63) is 64.4 Å². The standard InChI is InChI=1S/C19H14N6O3/c1-10(26)24-14-9-5-3-7-12(14)19(16(24)28)23-17(20)22-18-21-15(27)11-6-2-4-8-13(11)25(18)19/h2-9H,1H3,(H3,20,21,22,23,27). The second kappa shape index (κ2) is 5.26. The van der Waals surface area contributed by atoms with Crippen molar-refractivity contribution in [2.75, 3.05) is 10.2 Å². The van der Waals surface area contributed by atoms with Crippen LogP contribution in [0.1, 0.15) is 12.5 Å². The first-order valence-electron chi connectivity index (χ1n) is 8.54. The van der Waals surface area contributed by atoms with Crippen molar-refractivity contribution in [3.63, 3.8) is 0 Å². The number of nitrogens with one attached hydrogen (secondary N) is 1. The fourth-order valence-electron chi connectivity index (χ4n) is 3.93. The largest absolute Gasteiger partial charge is 0.370 e. The fourth-order valence-corrected chi connectivity index (χ4v) is 3.93. The number of benzene rings is 2. The molecule has 1 spiro atoms. The lowest BCUT2D eigenvalue weighted by Gasteiger charge is -2.34. The molecule has 9 heteroatoms. The number of aromatic nitrogens is 2. The summed E-state index contributed by atoms with van der Waals surface area (Å²) in [5, 5.41) is 3.09. The molecule has 3 N–H and O–H groups in total. The molecule has 0 saturated carbocycles. The van der Waals surface area contributed by atoms with E-state index in [4.69, 9.17) is 5.73 Å². The van der Waals surface area contributed by atoms with Crippen LogP contribution in [0.3, 0.4) is 0 Å². The summed E-state index contributed by atoms with van der Waals surface area (Å²) in [6, 6.07) is 13.7. The summed E-state index contributed by atoms with van der Waals surface area (Å²) in [5.74, 6) is -1.01. The lowest BCUT2D eigenvalue weighted by Crippen LogP contribution is -2.51. The van der Waals surface area contributed by atoms with Crippen LogP contribution >= 0.6 is 0 Å². The van der Waals surface area contributed by atoms with Gasteiger partial charge in [-0.3, -0.25) is 24.3 Å². The SMILES string of the molecule is CC(=O)N1C(=O)C2(N=C(N)Nc3nc(=O)c4ccccc4n32)c2ccccc21. The summed E-state index contributed by atoms with van der Waals surface area (Å²) in [6.07, 6.45) is 0. The molecule has 2 aliphatic rings. The predicted molar refractivity (Wildman–Crippen MR) is 103 cm³/mol. The third-order valence-electron chi connectivity index (χ3n) is 4.98. The zero-order valence-electron chi connectivity index (χ0n) is 14.7. The number of guanidine groups is 1. The molecule has 3 heterocycles. The number of hydrogen-bond acceptors (Lipinski definition) is 7. The van der Waals surface area contributed by atoms with Gasteiger partial charge in [0.2, 0.25) is 11.9 Å². The Bertz CT molecular complexity index is 1290. The van der Waals surface area contributed by atoms with Gasteiger partial charge in [0, 0.05) is 12.5 Å². The Labute approximate surface area is 158 Å². The molecule has 0 aliphatic carbocycles. The molecule has 1 unspecified atom stereocenters. The van der Waals surface area contributed by atoms with Gasteiger partial charge in [0.25, 0.3) is 17.1 Å². The molecule has 0 fully saturated rings. The molecule has 3 aromatic rings. The number of amides is 2. The van der Waals surface area contributed by atoms with Crippen LogP contribution in [-0.4, -0.2) is 27.3 Å². The van der Waals surface area contributed by atoms with Crippen molar-refractivity contribution in [2.45, 2.75) is 12.6 Å². The molecule has 28 heavy (non-hydrogen) atoms. The van der Waals surface area contributed by atoms with Gasteiger partial charge in [-0.1, -0.05) is 30.3 Å². The summed E-state index contributed by atoms with van der Waals surface area (Å²) < 4.78 is 1.53. The Morgan fingerprint density at radius 1 is 1.11 bits per heavy atom. The number of para-hydroxylation sites is 2. The van der Waals surface area contributed by atoms with E-state index in [1.54, 1.807) is 48.5 Å².